The fraction of sp³-hybridized carbons (Fsp3) is 0.217. The van der Waals surface area contributed by atoms with E-state index in [1.54, 1.807) is 24.3 Å². The van der Waals surface area contributed by atoms with Gasteiger partial charge >= 0.3 is 0 Å². The van der Waals surface area contributed by atoms with Crippen LogP contribution in [0.3, 0.4) is 0 Å². The van der Waals surface area contributed by atoms with Crippen LogP contribution in [0.1, 0.15) is 24.5 Å². The van der Waals surface area contributed by atoms with E-state index < -0.39 is 10.0 Å². The Morgan fingerprint density at radius 2 is 1.75 bits per heavy atom. The van der Waals surface area contributed by atoms with Crippen LogP contribution in [0.15, 0.2) is 70.0 Å². The van der Waals surface area contributed by atoms with Crippen LogP contribution in [-0.2, 0) is 10.0 Å². The van der Waals surface area contributed by atoms with Gasteiger partial charge in [0.25, 0.3) is 0 Å². The third kappa shape index (κ3) is 3.80. The van der Waals surface area contributed by atoms with E-state index in [9.17, 15) is 8.42 Å². The maximum absolute atomic E-state index is 12.4. The van der Waals surface area contributed by atoms with Crippen molar-refractivity contribution in [2.45, 2.75) is 23.7 Å². The zero-order valence-electron chi connectivity index (χ0n) is 17.7. The minimum atomic E-state index is -3.48. The van der Waals surface area contributed by atoms with Crippen molar-refractivity contribution >= 4 is 43.1 Å². The maximum atomic E-state index is 12.4. The highest BCUT2D eigenvalue weighted by atomic mass is 79.9. The molecule has 0 unspecified atom stereocenters. The Balaban J connectivity index is 1.59. The van der Waals surface area contributed by atoms with Gasteiger partial charge in [-0.1, -0.05) is 30.3 Å². The van der Waals surface area contributed by atoms with Gasteiger partial charge in [-0.15, -0.1) is 0 Å². The molecule has 0 saturated heterocycles. The minimum absolute atomic E-state index is 0.246. The summed E-state index contributed by atoms with van der Waals surface area (Å²) in [4.78, 5) is 5.12. The molecule has 9 heteroatoms. The second-order valence-corrected chi connectivity index (χ2v) is 11.0. The first kappa shape index (κ1) is 21.1. The van der Waals surface area contributed by atoms with Crippen molar-refractivity contribution in [3.8, 4) is 11.3 Å². The van der Waals surface area contributed by atoms with Crippen LogP contribution < -0.4 is 5.32 Å². The first-order valence-electron chi connectivity index (χ1n) is 10.3. The molecule has 0 atom stereocenters. The third-order valence-corrected chi connectivity index (χ3v) is 8.09. The van der Waals surface area contributed by atoms with Gasteiger partial charge in [0.05, 0.1) is 20.8 Å². The van der Waals surface area contributed by atoms with E-state index in [4.69, 9.17) is 10.1 Å². The summed E-state index contributed by atoms with van der Waals surface area (Å²) in [6, 6.07) is 18.7. The number of anilines is 2. The van der Waals surface area contributed by atoms with E-state index in [0.717, 1.165) is 51.4 Å². The Labute approximate surface area is 195 Å². The topological polar surface area (TPSA) is 79.6 Å². The second-order valence-electron chi connectivity index (χ2n) is 8.04. The molecular weight excluding hydrogens is 490 g/mol. The van der Waals surface area contributed by atoms with Gasteiger partial charge in [0.2, 0.25) is 10.0 Å². The molecule has 0 aliphatic heterocycles. The number of nitrogens with one attached hydrogen (secondary N) is 1. The summed E-state index contributed by atoms with van der Waals surface area (Å²) in [6.45, 7) is 0. The summed E-state index contributed by atoms with van der Waals surface area (Å²) < 4.78 is 28.7. The SMILES string of the molecule is CN(C)S(=O)(=O)c1ccc(Nc2cc(-c3ccccc3)nc3c(Br)c(C4CC4)nn23)cc1. The summed E-state index contributed by atoms with van der Waals surface area (Å²) in [5, 5.41) is 8.22. The molecule has 7 nitrogen and oxygen atoms in total. The zero-order valence-corrected chi connectivity index (χ0v) is 20.1. The van der Waals surface area contributed by atoms with Gasteiger partial charge in [-0.3, -0.25) is 0 Å². The number of aromatic nitrogens is 3. The molecule has 1 fully saturated rings. The lowest BCUT2D eigenvalue weighted by Crippen LogP contribution is -2.22. The van der Waals surface area contributed by atoms with Gasteiger partial charge in [0.1, 0.15) is 5.82 Å². The van der Waals surface area contributed by atoms with E-state index in [1.807, 2.05) is 40.9 Å². The molecule has 2 aromatic carbocycles. The molecule has 1 saturated carbocycles. The highest BCUT2D eigenvalue weighted by Crippen LogP contribution is 2.44. The second kappa shape index (κ2) is 7.99. The number of hydrogen-bond acceptors (Lipinski definition) is 5. The summed E-state index contributed by atoms with van der Waals surface area (Å²) in [5.74, 6) is 1.22. The van der Waals surface area contributed by atoms with E-state index in [1.165, 1.54) is 18.4 Å². The Morgan fingerprint density at radius 1 is 1.06 bits per heavy atom. The van der Waals surface area contributed by atoms with Crippen LogP contribution in [0, 0.1) is 0 Å². The minimum Gasteiger partial charge on any atom is -0.340 e. The van der Waals surface area contributed by atoms with Crippen molar-refractivity contribution in [1.82, 2.24) is 18.9 Å². The van der Waals surface area contributed by atoms with Crippen LogP contribution in [0.4, 0.5) is 11.5 Å². The smallest absolute Gasteiger partial charge is 0.242 e. The molecule has 0 spiro atoms. The van der Waals surface area contributed by atoms with Crippen molar-refractivity contribution in [3.05, 3.63) is 70.8 Å². The number of rotatable bonds is 6. The molecule has 1 aliphatic rings. The number of nitrogens with zero attached hydrogens (tertiary/aromatic N) is 4. The first-order chi connectivity index (χ1) is 15.3. The molecule has 0 amide bonds. The molecule has 1 N–H and O–H groups in total. The molecule has 2 aromatic heterocycles. The highest BCUT2D eigenvalue weighted by molar-refractivity contribution is 9.10. The van der Waals surface area contributed by atoms with E-state index >= 15 is 0 Å². The maximum Gasteiger partial charge on any atom is 0.242 e. The monoisotopic (exact) mass is 511 g/mol. The lowest BCUT2D eigenvalue weighted by atomic mass is 10.1. The van der Waals surface area contributed by atoms with Gasteiger partial charge in [-0.05, 0) is 53.0 Å². The summed E-state index contributed by atoms with van der Waals surface area (Å²) in [7, 11) is -0.435. The van der Waals surface area contributed by atoms with Crippen molar-refractivity contribution < 1.29 is 8.42 Å². The lowest BCUT2D eigenvalue weighted by molar-refractivity contribution is 0.521. The first-order valence-corrected chi connectivity index (χ1v) is 12.5. The van der Waals surface area contributed by atoms with E-state index in [0.29, 0.717) is 5.92 Å². The summed E-state index contributed by atoms with van der Waals surface area (Å²) in [6.07, 6.45) is 2.27. The largest absolute Gasteiger partial charge is 0.340 e. The molecule has 32 heavy (non-hydrogen) atoms. The fourth-order valence-corrected chi connectivity index (χ4v) is 5.10. The normalized spacial score (nSPS) is 14.2. The van der Waals surface area contributed by atoms with Crippen LogP contribution in [0.25, 0.3) is 16.9 Å². The molecule has 0 bridgehead atoms. The van der Waals surface area contributed by atoms with Gasteiger partial charge in [-0.2, -0.15) is 9.61 Å². The zero-order chi connectivity index (χ0) is 22.5. The number of halogens is 1. The summed E-state index contributed by atoms with van der Waals surface area (Å²) in [5.41, 5.74) is 4.37. The van der Waals surface area contributed by atoms with Crippen molar-refractivity contribution in [3.63, 3.8) is 0 Å². The average molecular weight is 512 g/mol. The Kier molecular flexibility index (Phi) is 5.27. The average Bonchev–Trinajstić information content (AvgIpc) is 3.58. The Bertz CT molecular complexity index is 1400. The van der Waals surface area contributed by atoms with Crippen molar-refractivity contribution in [2.75, 3.05) is 19.4 Å². The predicted octanol–water partition coefficient (Wildman–Crippen LogP) is 5.03. The molecule has 2 heterocycles. The van der Waals surface area contributed by atoms with Crippen molar-refractivity contribution in [2.24, 2.45) is 0 Å². The fourth-order valence-electron chi connectivity index (χ4n) is 3.54. The van der Waals surface area contributed by atoms with Crippen LogP contribution in [-0.4, -0.2) is 41.4 Å². The number of sulfonamides is 1. The standard InChI is InChI=1S/C23H22BrN5O2S/c1-28(2)32(30,31)18-12-10-17(11-13-18)25-20-14-19(15-6-4-3-5-7-15)26-23-21(24)22(16-8-9-16)27-29(20)23/h3-7,10-14,16,25H,8-9H2,1-2H3. The van der Waals surface area contributed by atoms with E-state index in [2.05, 4.69) is 21.2 Å². The molecule has 5 rings (SSSR count). The molecular formula is C23H22BrN5O2S. The van der Waals surface area contributed by atoms with Crippen molar-refractivity contribution in [1.29, 1.82) is 0 Å². The highest BCUT2D eigenvalue weighted by Gasteiger charge is 2.30. The van der Waals surface area contributed by atoms with Crippen LogP contribution >= 0.6 is 15.9 Å². The van der Waals surface area contributed by atoms with Gasteiger partial charge < -0.3 is 5.32 Å². The Hall–Kier alpha value is -2.75. The summed E-state index contributed by atoms with van der Waals surface area (Å²) >= 11 is 3.72. The Morgan fingerprint density at radius 3 is 2.38 bits per heavy atom. The van der Waals surface area contributed by atoms with Gasteiger partial charge in [0.15, 0.2) is 5.65 Å². The predicted molar refractivity (Wildman–Crippen MR) is 129 cm³/mol. The lowest BCUT2D eigenvalue weighted by Gasteiger charge is -2.13. The molecule has 164 valence electrons. The van der Waals surface area contributed by atoms with Crippen LogP contribution in [0.5, 0.6) is 0 Å². The molecule has 1 aliphatic carbocycles. The van der Waals surface area contributed by atoms with Crippen LogP contribution in [0.2, 0.25) is 0 Å². The molecule has 0 radical (unpaired) electrons. The number of benzene rings is 2. The number of fused-ring (bicyclic) bond motifs is 1. The van der Waals surface area contributed by atoms with Gasteiger partial charge in [-0.25, -0.2) is 17.7 Å². The molecule has 4 aromatic rings. The third-order valence-electron chi connectivity index (χ3n) is 5.50. The van der Waals surface area contributed by atoms with Gasteiger partial charge in [0, 0.05) is 37.3 Å². The van der Waals surface area contributed by atoms with E-state index in [-0.39, 0.29) is 4.90 Å². The number of hydrogen-bond donors (Lipinski definition) is 1. The quantitative estimate of drug-likeness (QED) is 0.392.